The SMILES string of the molecule is [2H]C(C)(C)c1ccc(-c2ccnc(-c3cc(-c4ccccc4)cc(-c4cccc5c4nc(-c4cc(C)cc(C)c4OC)n5-c4cc(C(C)(C)C)ccc4-c4ccc(C(C)(C)C)cc4)c3)c2)cc1. The van der Waals surface area contributed by atoms with Crippen LogP contribution in [-0.4, -0.2) is 21.6 Å². The van der Waals surface area contributed by atoms with Gasteiger partial charge in [0.25, 0.3) is 0 Å². The van der Waals surface area contributed by atoms with Gasteiger partial charge in [-0.05, 0) is 140 Å². The number of imidazole rings is 1. The molecule has 0 aliphatic carbocycles. The van der Waals surface area contributed by atoms with E-state index in [4.69, 9.17) is 16.1 Å². The lowest BCUT2D eigenvalue weighted by molar-refractivity contribution is 0.413. The third-order valence-corrected chi connectivity index (χ3v) is 12.9. The van der Waals surface area contributed by atoms with Crippen molar-refractivity contribution in [2.45, 2.75) is 86.0 Å². The number of aryl methyl sites for hydroxylation is 2. The zero-order valence-electron chi connectivity index (χ0n) is 41.3. The van der Waals surface area contributed by atoms with Crippen molar-refractivity contribution in [3.05, 3.63) is 192 Å². The van der Waals surface area contributed by atoms with Gasteiger partial charge in [-0.3, -0.25) is 9.55 Å². The Bertz CT molecular complexity index is 3270. The van der Waals surface area contributed by atoms with Gasteiger partial charge in [-0.2, -0.15) is 0 Å². The van der Waals surface area contributed by atoms with Crippen LogP contribution in [0.4, 0.5) is 0 Å². The van der Waals surface area contributed by atoms with E-state index in [9.17, 15) is 0 Å². The fourth-order valence-corrected chi connectivity index (χ4v) is 9.22. The molecule has 0 amide bonds. The van der Waals surface area contributed by atoms with Crippen LogP contribution >= 0.6 is 0 Å². The molecule has 330 valence electrons. The second-order valence-corrected chi connectivity index (χ2v) is 20.1. The van der Waals surface area contributed by atoms with E-state index in [0.29, 0.717) is 0 Å². The predicted octanol–water partition coefficient (Wildman–Crippen LogP) is 16.8. The summed E-state index contributed by atoms with van der Waals surface area (Å²) in [5.74, 6) is 0.958. The molecule has 0 aliphatic rings. The maximum absolute atomic E-state index is 8.54. The fraction of sp³-hybridized carbons (Fsp3) is 0.226. The molecule has 7 aromatic carbocycles. The van der Waals surface area contributed by atoms with Crippen LogP contribution in [0.25, 0.3) is 83.9 Å². The quantitative estimate of drug-likeness (QED) is 0.145. The van der Waals surface area contributed by atoms with Crippen LogP contribution in [0.15, 0.2) is 164 Å². The highest BCUT2D eigenvalue weighted by molar-refractivity contribution is 5.98. The zero-order chi connectivity index (χ0) is 47.4. The predicted molar refractivity (Wildman–Crippen MR) is 279 cm³/mol. The summed E-state index contributed by atoms with van der Waals surface area (Å²) >= 11 is 0. The first-order valence-electron chi connectivity index (χ1n) is 23.6. The molecule has 0 saturated carbocycles. The molecule has 4 nitrogen and oxygen atoms in total. The van der Waals surface area contributed by atoms with E-state index >= 15 is 0 Å². The van der Waals surface area contributed by atoms with Gasteiger partial charge in [-0.15, -0.1) is 0 Å². The summed E-state index contributed by atoms with van der Waals surface area (Å²) in [6.45, 7) is 21.7. The molecule has 2 heterocycles. The average Bonchev–Trinajstić information content (AvgIpc) is 3.70. The number of hydrogen-bond donors (Lipinski definition) is 0. The molecule has 0 atom stereocenters. The van der Waals surface area contributed by atoms with Crippen molar-refractivity contribution in [3.8, 4) is 78.6 Å². The first-order chi connectivity index (χ1) is 31.9. The summed E-state index contributed by atoms with van der Waals surface area (Å²) in [5.41, 5.74) is 20.1. The van der Waals surface area contributed by atoms with Crippen LogP contribution in [-0.2, 0) is 10.8 Å². The highest BCUT2D eigenvalue weighted by Gasteiger charge is 2.26. The molecule has 0 spiro atoms. The molecule has 4 heteroatoms. The highest BCUT2D eigenvalue weighted by atomic mass is 16.5. The topological polar surface area (TPSA) is 39.9 Å². The van der Waals surface area contributed by atoms with E-state index in [-0.39, 0.29) is 10.8 Å². The Kier molecular flexibility index (Phi) is 11.3. The van der Waals surface area contributed by atoms with Gasteiger partial charge in [-0.25, -0.2) is 4.98 Å². The summed E-state index contributed by atoms with van der Waals surface area (Å²) in [5, 5.41) is 0. The molecular weight excluding hydrogens is 803 g/mol. The number of para-hydroxylation sites is 1. The largest absolute Gasteiger partial charge is 0.496 e. The molecule has 0 saturated heterocycles. The number of rotatable bonds is 9. The molecule has 0 unspecified atom stereocenters. The molecule has 0 radical (unpaired) electrons. The van der Waals surface area contributed by atoms with E-state index < -0.39 is 5.89 Å². The molecule has 2 aromatic heterocycles. The number of aromatic nitrogens is 3. The third kappa shape index (κ3) is 8.61. The summed E-state index contributed by atoms with van der Waals surface area (Å²) in [7, 11) is 1.76. The van der Waals surface area contributed by atoms with Crippen LogP contribution in [0, 0.1) is 13.8 Å². The van der Waals surface area contributed by atoms with E-state index in [0.717, 1.165) is 106 Å². The summed E-state index contributed by atoms with van der Waals surface area (Å²) in [6.07, 6.45) is 1.90. The van der Waals surface area contributed by atoms with E-state index in [1.54, 1.807) is 7.11 Å². The van der Waals surface area contributed by atoms with Gasteiger partial charge in [0, 0.05) is 24.3 Å². The molecule has 0 bridgehead atoms. The van der Waals surface area contributed by atoms with E-state index in [2.05, 4.69) is 218 Å². The van der Waals surface area contributed by atoms with Gasteiger partial charge in [0.05, 0.1) is 35.1 Å². The molecule has 9 aromatic rings. The van der Waals surface area contributed by atoms with Crippen LogP contribution in [0.1, 0.15) is 90.5 Å². The number of hydrogen-bond acceptors (Lipinski definition) is 3. The Labute approximate surface area is 393 Å². The lowest BCUT2D eigenvalue weighted by Gasteiger charge is -2.24. The van der Waals surface area contributed by atoms with Gasteiger partial charge in [0.15, 0.2) is 0 Å². The Morgan fingerprint density at radius 1 is 0.545 bits per heavy atom. The van der Waals surface area contributed by atoms with Gasteiger partial charge in [0.1, 0.15) is 11.6 Å². The van der Waals surface area contributed by atoms with Gasteiger partial charge in [0.2, 0.25) is 0 Å². The van der Waals surface area contributed by atoms with E-state index in [1.807, 2.05) is 20.0 Å². The number of nitrogens with zero attached hydrogens (tertiary/aromatic N) is 3. The third-order valence-electron chi connectivity index (χ3n) is 12.9. The number of pyridine rings is 1. The summed E-state index contributed by atoms with van der Waals surface area (Å²) in [6, 6.07) is 56.9. The number of benzene rings is 7. The van der Waals surface area contributed by atoms with Crippen molar-refractivity contribution in [2.24, 2.45) is 0 Å². The summed E-state index contributed by atoms with van der Waals surface area (Å²) in [4.78, 5) is 10.7. The maximum Gasteiger partial charge on any atom is 0.149 e. The standard InChI is InChI=1S/C62H61N3O/c1-39(2)42-20-22-44(23-21-42)46-30-31-63-55(37-46)49-35-47(43-16-13-12-14-17-43)34-48(36-49)53-18-15-19-56-58(53)64-60(54-33-40(3)32-41(4)59(54)66-11)65(56)57-38-51(62(8,9)10)28-29-52(57)45-24-26-50(27-25-45)61(5,6)7/h12-39H,1-11H3/i39D. The van der Waals surface area contributed by atoms with Crippen molar-refractivity contribution in [3.63, 3.8) is 0 Å². The molecule has 9 rings (SSSR count). The summed E-state index contributed by atoms with van der Waals surface area (Å²) < 4.78 is 17.2. The minimum absolute atomic E-state index is 0.0321. The molecule has 0 fully saturated rings. The van der Waals surface area contributed by atoms with Gasteiger partial charge >= 0.3 is 0 Å². The van der Waals surface area contributed by atoms with Crippen molar-refractivity contribution >= 4 is 11.0 Å². The van der Waals surface area contributed by atoms with Crippen molar-refractivity contribution < 1.29 is 6.11 Å². The second kappa shape index (κ2) is 17.4. The normalized spacial score (nSPS) is 12.4. The minimum atomic E-state index is -0.669. The minimum Gasteiger partial charge on any atom is -0.496 e. The fourth-order valence-electron chi connectivity index (χ4n) is 9.22. The van der Waals surface area contributed by atoms with Crippen LogP contribution < -0.4 is 4.74 Å². The number of fused-ring (bicyclic) bond motifs is 1. The Morgan fingerprint density at radius 3 is 1.88 bits per heavy atom. The number of methoxy groups -OCH3 is 1. The Balaban J connectivity index is 1.31. The van der Waals surface area contributed by atoms with Gasteiger partial charge in [-0.1, -0.05) is 165 Å². The molecular formula is C62H61N3O. The van der Waals surface area contributed by atoms with Gasteiger partial charge < -0.3 is 4.74 Å². The smallest absolute Gasteiger partial charge is 0.149 e. The molecule has 0 aliphatic heterocycles. The lowest BCUT2D eigenvalue weighted by Crippen LogP contribution is -2.13. The average molecular weight is 865 g/mol. The van der Waals surface area contributed by atoms with E-state index in [1.165, 1.54) is 11.1 Å². The van der Waals surface area contributed by atoms with Crippen LogP contribution in [0.3, 0.4) is 0 Å². The molecule has 0 N–H and O–H groups in total. The van der Waals surface area contributed by atoms with Crippen LogP contribution in [0.2, 0.25) is 0 Å². The highest BCUT2D eigenvalue weighted by Crippen LogP contribution is 2.44. The number of ether oxygens (including phenoxy) is 1. The van der Waals surface area contributed by atoms with Crippen molar-refractivity contribution in [1.29, 1.82) is 0 Å². The van der Waals surface area contributed by atoms with Crippen molar-refractivity contribution in [1.82, 2.24) is 14.5 Å². The second-order valence-electron chi connectivity index (χ2n) is 20.1. The first kappa shape index (κ1) is 42.9. The Morgan fingerprint density at radius 2 is 1.20 bits per heavy atom. The molecule has 66 heavy (non-hydrogen) atoms. The zero-order valence-corrected chi connectivity index (χ0v) is 40.3. The lowest BCUT2D eigenvalue weighted by atomic mass is 9.84. The van der Waals surface area contributed by atoms with Crippen molar-refractivity contribution in [2.75, 3.05) is 7.11 Å². The first-order valence-corrected chi connectivity index (χ1v) is 23.1. The Hall–Kier alpha value is -7.04. The van der Waals surface area contributed by atoms with Crippen LogP contribution in [0.5, 0.6) is 5.75 Å². The maximum atomic E-state index is 8.54. The monoisotopic (exact) mass is 864 g/mol.